The summed E-state index contributed by atoms with van der Waals surface area (Å²) in [6.07, 6.45) is 9.41. The topological polar surface area (TPSA) is 20.2 Å². The van der Waals surface area contributed by atoms with E-state index in [0.29, 0.717) is 10.8 Å². The minimum atomic E-state index is 0.239. The summed E-state index contributed by atoms with van der Waals surface area (Å²) >= 11 is 0. The van der Waals surface area contributed by atoms with E-state index in [-0.39, 0.29) is 6.61 Å². The number of hydrogen-bond donors (Lipinski definition) is 1. The third kappa shape index (κ3) is 1.66. The van der Waals surface area contributed by atoms with Gasteiger partial charge in [0, 0.05) is 0 Å². The molecule has 2 aliphatic carbocycles. The maximum Gasteiger partial charge on any atom is 0.0641 e. The molecule has 1 atom stereocenters. The average Bonchev–Trinajstić information content (AvgIpc) is 2.27. The smallest absolute Gasteiger partial charge is 0.0641 e. The molecule has 0 radical (unpaired) electrons. The van der Waals surface area contributed by atoms with Crippen LogP contribution in [0.1, 0.15) is 52.4 Å². The second-order valence-electron chi connectivity index (χ2n) is 6.15. The summed E-state index contributed by atoms with van der Waals surface area (Å²) in [6.45, 7) is 9.38. The van der Waals surface area contributed by atoms with Crippen molar-refractivity contribution in [3.63, 3.8) is 0 Å². The Kier molecular flexibility index (Phi) is 3.00. The normalized spacial score (nSPS) is 33.9. The minimum Gasteiger partial charge on any atom is -0.392 e. The monoisotopic (exact) mass is 220 g/mol. The van der Waals surface area contributed by atoms with Crippen molar-refractivity contribution in [1.29, 1.82) is 0 Å². The van der Waals surface area contributed by atoms with Crippen molar-refractivity contribution in [2.45, 2.75) is 52.4 Å². The van der Waals surface area contributed by atoms with Gasteiger partial charge in [-0.25, -0.2) is 0 Å². The van der Waals surface area contributed by atoms with Crippen molar-refractivity contribution in [3.8, 4) is 0 Å². The molecule has 2 rings (SSSR count). The molecule has 16 heavy (non-hydrogen) atoms. The van der Waals surface area contributed by atoms with Gasteiger partial charge in [0.05, 0.1) is 6.61 Å². The minimum absolute atomic E-state index is 0.239. The van der Waals surface area contributed by atoms with Gasteiger partial charge < -0.3 is 5.11 Å². The molecule has 0 aromatic rings. The molecule has 0 aromatic carbocycles. The molecule has 1 N–H and O–H groups in total. The molecule has 90 valence electrons. The Bertz CT molecular complexity index is 324. The van der Waals surface area contributed by atoms with Crippen LogP contribution in [0.3, 0.4) is 0 Å². The number of aliphatic hydroxyl groups excluding tert-OH is 1. The third-order valence-corrected chi connectivity index (χ3v) is 5.07. The predicted octanol–water partition coefficient (Wildman–Crippen LogP) is 3.84. The highest BCUT2D eigenvalue weighted by Gasteiger charge is 2.48. The first kappa shape index (κ1) is 11.9. The molecule has 1 nitrogen and oxygen atoms in total. The predicted molar refractivity (Wildman–Crippen MR) is 68.2 cm³/mol. The standard InChI is InChI=1S/C15H24O/c1-12-5-4-8-14(2,3)15(12)9-6-13(11-16)7-10-15/h6,16H,1,4-5,7-11H2,2-3H3/t15-/m0/s1. The zero-order valence-corrected chi connectivity index (χ0v) is 10.7. The lowest BCUT2D eigenvalue weighted by Crippen LogP contribution is -2.43. The van der Waals surface area contributed by atoms with Crippen molar-refractivity contribution in [1.82, 2.24) is 0 Å². The van der Waals surface area contributed by atoms with E-state index in [0.717, 1.165) is 12.8 Å². The summed E-state index contributed by atoms with van der Waals surface area (Å²) in [5, 5.41) is 9.18. The molecule has 0 aliphatic heterocycles. The largest absolute Gasteiger partial charge is 0.392 e. The van der Waals surface area contributed by atoms with Gasteiger partial charge in [-0.2, -0.15) is 0 Å². The van der Waals surface area contributed by atoms with Crippen LogP contribution < -0.4 is 0 Å². The fourth-order valence-corrected chi connectivity index (χ4v) is 3.68. The van der Waals surface area contributed by atoms with Crippen molar-refractivity contribution in [2.24, 2.45) is 10.8 Å². The van der Waals surface area contributed by atoms with Crippen LogP contribution >= 0.6 is 0 Å². The number of aliphatic hydroxyl groups is 1. The highest BCUT2D eigenvalue weighted by Crippen LogP contribution is 2.59. The van der Waals surface area contributed by atoms with Crippen LogP contribution in [0.4, 0.5) is 0 Å². The Hall–Kier alpha value is -0.560. The van der Waals surface area contributed by atoms with Gasteiger partial charge in [-0.1, -0.05) is 32.1 Å². The summed E-state index contributed by atoms with van der Waals surface area (Å²) in [4.78, 5) is 0. The third-order valence-electron chi connectivity index (χ3n) is 5.07. The zero-order valence-electron chi connectivity index (χ0n) is 10.7. The van der Waals surface area contributed by atoms with Gasteiger partial charge in [0.25, 0.3) is 0 Å². The molecule has 0 amide bonds. The van der Waals surface area contributed by atoms with Gasteiger partial charge in [0.15, 0.2) is 0 Å². The van der Waals surface area contributed by atoms with Crippen LogP contribution in [0.25, 0.3) is 0 Å². The molecule has 1 saturated carbocycles. The van der Waals surface area contributed by atoms with E-state index >= 15 is 0 Å². The van der Waals surface area contributed by atoms with Crippen LogP contribution in [0.5, 0.6) is 0 Å². The Balaban J connectivity index is 2.29. The first-order valence-corrected chi connectivity index (χ1v) is 6.49. The fourth-order valence-electron chi connectivity index (χ4n) is 3.68. The highest BCUT2D eigenvalue weighted by molar-refractivity contribution is 5.25. The van der Waals surface area contributed by atoms with E-state index in [9.17, 15) is 5.11 Å². The summed E-state index contributed by atoms with van der Waals surface area (Å²) in [5.41, 5.74) is 3.36. The molecule has 1 fully saturated rings. The average molecular weight is 220 g/mol. The molecular formula is C15H24O. The van der Waals surface area contributed by atoms with Crippen molar-refractivity contribution >= 4 is 0 Å². The fraction of sp³-hybridized carbons (Fsp3) is 0.733. The van der Waals surface area contributed by atoms with Crippen LogP contribution in [0, 0.1) is 10.8 Å². The quantitative estimate of drug-likeness (QED) is 0.666. The molecular weight excluding hydrogens is 196 g/mol. The van der Waals surface area contributed by atoms with Gasteiger partial charge >= 0.3 is 0 Å². The Morgan fingerprint density at radius 3 is 2.56 bits per heavy atom. The van der Waals surface area contributed by atoms with Crippen LogP contribution in [-0.4, -0.2) is 11.7 Å². The molecule has 0 saturated heterocycles. The van der Waals surface area contributed by atoms with E-state index in [1.807, 2.05) is 0 Å². The van der Waals surface area contributed by atoms with Crippen molar-refractivity contribution < 1.29 is 5.11 Å². The molecule has 0 aromatic heterocycles. The molecule has 0 heterocycles. The van der Waals surface area contributed by atoms with E-state index in [1.165, 1.54) is 36.8 Å². The Morgan fingerprint density at radius 1 is 1.31 bits per heavy atom. The Labute approximate surface area is 99.3 Å². The van der Waals surface area contributed by atoms with E-state index < -0.39 is 0 Å². The van der Waals surface area contributed by atoms with E-state index in [4.69, 9.17) is 0 Å². The number of allylic oxidation sites excluding steroid dienone is 2. The molecule has 1 heteroatoms. The van der Waals surface area contributed by atoms with Gasteiger partial charge in [-0.05, 0) is 54.9 Å². The lowest BCUT2D eigenvalue weighted by Gasteiger charge is -2.53. The van der Waals surface area contributed by atoms with Gasteiger partial charge in [-0.15, -0.1) is 0 Å². The van der Waals surface area contributed by atoms with Crippen molar-refractivity contribution in [3.05, 3.63) is 23.8 Å². The number of rotatable bonds is 1. The molecule has 0 bridgehead atoms. The second kappa shape index (κ2) is 4.03. The van der Waals surface area contributed by atoms with Crippen LogP contribution in [-0.2, 0) is 0 Å². The lowest BCUT2D eigenvalue weighted by atomic mass is 9.51. The summed E-state index contributed by atoms with van der Waals surface area (Å²) in [7, 11) is 0. The number of hydrogen-bond acceptors (Lipinski definition) is 1. The first-order valence-electron chi connectivity index (χ1n) is 6.49. The maximum atomic E-state index is 9.18. The SMILES string of the molecule is C=C1CCCC(C)(C)[C@]12CC=C(CO)CC2. The van der Waals surface area contributed by atoms with Crippen LogP contribution in [0.2, 0.25) is 0 Å². The van der Waals surface area contributed by atoms with E-state index in [2.05, 4.69) is 26.5 Å². The summed E-state index contributed by atoms with van der Waals surface area (Å²) < 4.78 is 0. The summed E-state index contributed by atoms with van der Waals surface area (Å²) in [5.74, 6) is 0. The Morgan fingerprint density at radius 2 is 2.06 bits per heavy atom. The molecule has 0 unspecified atom stereocenters. The maximum absolute atomic E-state index is 9.18. The van der Waals surface area contributed by atoms with Crippen LogP contribution in [0.15, 0.2) is 23.8 Å². The molecule has 2 aliphatic rings. The van der Waals surface area contributed by atoms with E-state index in [1.54, 1.807) is 0 Å². The van der Waals surface area contributed by atoms with Gasteiger partial charge in [0.2, 0.25) is 0 Å². The van der Waals surface area contributed by atoms with Gasteiger partial charge in [-0.3, -0.25) is 0 Å². The zero-order chi connectivity index (χ0) is 11.8. The molecule has 1 spiro atoms. The van der Waals surface area contributed by atoms with Crippen molar-refractivity contribution in [2.75, 3.05) is 6.61 Å². The summed E-state index contributed by atoms with van der Waals surface area (Å²) in [6, 6.07) is 0. The lowest BCUT2D eigenvalue weighted by molar-refractivity contribution is 0.0563. The highest BCUT2D eigenvalue weighted by atomic mass is 16.3. The second-order valence-corrected chi connectivity index (χ2v) is 6.15. The first-order chi connectivity index (χ1) is 7.52. The van der Waals surface area contributed by atoms with Gasteiger partial charge in [0.1, 0.15) is 0 Å².